The van der Waals surface area contributed by atoms with Crippen LogP contribution in [0.3, 0.4) is 0 Å². The van der Waals surface area contributed by atoms with E-state index in [1.54, 1.807) is 19.5 Å². The standard InChI is InChI=1S/C13H18BrNO2/c1-17-13(4-2-3-5-13)12(16)7-10-6-11(14)9-15-8-10/h6,8-9,12,16H,2-5,7H2,1H3. The van der Waals surface area contributed by atoms with Gasteiger partial charge in [0.25, 0.3) is 0 Å². The zero-order valence-electron chi connectivity index (χ0n) is 10.0. The maximum Gasteiger partial charge on any atom is 0.0939 e. The van der Waals surface area contributed by atoms with Crippen LogP contribution in [-0.4, -0.2) is 28.9 Å². The lowest BCUT2D eigenvalue weighted by molar-refractivity contribution is -0.0971. The first-order chi connectivity index (χ1) is 8.16. The van der Waals surface area contributed by atoms with Gasteiger partial charge in [0.05, 0.1) is 11.7 Å². The summed E-state index contributed by atoms with van der Waals surface area (Å²) in [7, 11) is 1.70. The smallest absolute Gasteiger partial charge is 0.0939 e. The summed E-state index contributed by atoms with van der Waals surface area (Å²) in [6.07, 6.45) is 7.87. The quantitative estimate of drug-likeness (QED) is 0.929. The van der Waals surface area contributed by atoms with Gasteiger partial charge in [-0.25, -0.2) is 0 Å². The van der Waals surface area contributed by atoms with E-state index < -0.39 is 6.10 Å². The Kier molecular flexibility index (Phi) is 4.17. The molecule has 1 saturated carbocycles. The maximum atomic E-state index is 10.4. The van der Waals surface area contributed by atoms with Crippen molar-refractivity contribution in [3.8, 4) is 0 Å². The maximum absolute atomic E-state index is 10.4. The van der Waals surface area contributed by atoms with Gasteiger partial charge in [-0.1, -0.05) is 12.8 Å². The van der Waals surface area contributed by atoms with E-state index in [0.29, 0.717) is 6.42 Å². The van der Waals surface area contributed by atoms with Crippen LogP contribution in [0.4, 0.5) is 0 Å². The molecule has 1 unspecified atom stereocenters. The van der Waals surface area contributed by atoms with Crippen molar-refractivity contribution in [2.75, 3.05) is 7.11 Å². The number of pyridine rings is 1. The highest BCUT2D eigenvalue weighted by Crippen LogP contribution is 2.36. The molecule has 94 valence electrons. The van der Waals surface area contributed by atoms with Crippen LogP contribution in [0.2, 0.25) is 0 Å². The summed E-state index contributed by atoms with van der Waals surface area (Å²) in [5.41, 5.74) is 0.692. The monoisotopic (exact) mass is 299 g/mol. The number of nitrogens with zero attached hydrogens (tertiary/aromatic N) is 1. The molecule has 0 saturated heterocycles. The van der Waals surface area contributed by atoms with Crippen LogP contribution < -0.4 is 0 Å². The van der Waals surface area contributed by atoms with Crippen molar-refractivity contribution in [1.82, 2.24) is 4.98 Å². The van der Waals surface area contributed by atoms with Crippen LogP contribution in [0.25, 0.3) is 0 Å². The fourth-order valence-corrected chi connectivity index (χ4v) is 3.04. The molecule has 0 aromatic carbocycles. The molecule has 0 spiro atoms. The minimum Gasteiger partial charge on any atom is -0.390 e. The summed E-state index contributed by atoms with van der Waals surface area (Å²) in [5, 5.41) is 10.4. The number of methoxy groups -OCH3 is 1. The normalized spacial score (nSPS) is 20.4. The molecule has 1 aliphatic rings. The van der Waals surface area contributed by atoms with Crippen molar-refractivity contribution < 1.29 is 9.84 Å². The fraction of sp³-hybridized carbons (Fsp3) is 0.615. The lowest BCUT2D eigenvalue weighted by Gasteiger charge is -2.32. The Hall–Kier alpha value is -0.450. The number of ether oxygens (including phenoxy) is 1. The van der Waals surface area contributed by atoms with E-state index >= 15 is 0 Å². The zero-order valence-corrected chi connectivity index (χ0v) is 11.6. The highest BCUT2D eigenvalue weighted by Gasteiger charge is 2.40. The molecule has 0 bridgehead atoms. The van der Waals surface area contributed by atoms with Gasteiger partial charge in [0, 0.05) is 30.4 Å². The van der Waals surface area contributed by atoms with Crippen LogP contribution in [0.15, 0.2) is 22.9 Å². The van der Waals surface area contributed by atoms with Gasteiger partial charge in [0.15, 0.2) is 0 Å². The number of rotatable bonds is 4. The molecule has 17 heavy (non-hydrogen) atoms. The number of aromatic nitrogens is 1. The molecule has 0 aliphatic heterocycles. The molecular formula is C13H18BrNO2. The Bertz CT molecular complexity index is 377. The minimum absolute atomic E-state index is 0.345. The molecule has 1 atom stereocenters. The third-order valence-electron chi connectivity index (χ3n) is 3.65. The topological polar surface area (TPSA) is 42.4 Å². The first kappa shape index (κ1) is 13.0. The third kappa shape index (κ3) is 2.87. The molecule has 0 radical (unpaired) electrons. The van der Waals surface area contributed by atoms with E-state index in [0.717, 1.165) is 35.7 Å². The van der Waals surface area contributed by atoms with Gasteiger partial charge in [0.2, 0.25) is 0 Å². The number of hydrogen-bond donors (Lipinski definition) is 1. The number of halogens is 1. The second-order valence-electron chi connectivity index (χ2n) is 4.71. The Morgan fingerprint density at radius 2 is 2.18 bits per heavy atom. The first-order valence-corrected chi connectivity index (χ1v) is 6.78. The summed E-state index contributed by atoms with van der Waals surface area (Å²) < 4.78 is 6.53. The molecule has 0 amide bonds. The van der Waals surface area contributed by atoms with E-state index in [-0.39, 0.29) is 5.60 Å². The highest BCUT2D eigenvalue weighted by molar-refractivity contribution is 9.10. The predicted octanol–water partition coefficient (Wildman–Crippen LogP) is 2.71. The van der Waals surface area contributed by atoms with Gasteiger partial charge >= 0.3 is 0 Å². The number of aliphatic hydroxyl groups is 1. The summed E-state index contributed by atoms with van der Waals surface area (Å²) in [6.45, 7) is 0. The van der Waals surface area contributed by atoms with E-state index in [2.05, 4.69) is 20.9 Å². The van der Waals surface area contributed by atoms with Crippen LogP contribution in [-0.2, 0) is 11.2 Å². The van der Waals surface area contributed by atoms with Crippen molar-refractivity contribution in [3.05, 3.63) is 28.5 Å². The van der Waals surface area contributed by atoms with Gasteiger partial charge in [-0.3, -0.25) is 4.98 Å². The Morgan fingerprint density at radius 3 is 2.76 bits per heavy atom. The molecule has 1 fully saturated rings. The molecule has 1 aromatic rings. The van der Waals surface area contributed by atoms with Gasteiger partial charge in [-0.05, 0) is 40.4 Å². The van der Waals surface area contributed by atoms with Gasteiger partial charge < -0.3 is 9.84 Å². The van der Waals surface area contributed by atoms with E-state index in [4.69, 9.17) is 4.74 Å². The van der Waals surface area contributed by atoms with Crippen molar-refractivity contribution in [2.45, 2.75) is 43.8 Å². The summed E-state index contributed by atoms with van der Waals surface area (Å²) >= 11 is 3.39. The predicted molar refractivity (Wildman–Crippen MR) is 69.9 cm³/mol. The first-order valence-electron chi connectivity index (χ1n) is 5.99. The van der Waals surface area contributed by atoms with Gasteiger partial charge in [-0.15, -0.1) is 0 Å². The molecule has 1 heterocycles. The number of hydrogen-bond acceptors (Lipinski definition) is 3. The average molecular weight is 300 g/mol. The van der Waals surface area contributed by atoms with Crippen LogP contribution in [0.1, 0.15) is 31.2 Å². The summed E-state index contributed by atoms with van der Waals surface area (Å²) in [4.78, 5) is 4.11. The summed E-state index contributed by atoms with van der Waals surface area (Å²) in [6, 6.07) is 1.99. The second-order valence-corrected chi connectivity index (χ2v) is 5.62. The summed E-state index contributed by atoms with van der Waals surface area (Å²) in [5.74, 6) is 0. The third-order valence-corrected chi connectivity index (χ3v) is 4.09. The van der Waals surface area contributed by atoms with Crippen LogP contribution in [0, 0.1) is 0 Å². The van der Waals surface area contributed by atoms with Crippen LogP contribution >= 0.6 is 15.9 Å². The molecule has 1 N–H and O–H groups in total. The number of aliphatic hydroxyl groups excluding tert-OH is 1. The Morgan fingerprint density at radius 1 is 1.47 bits per heavy atom. The largest absolute Gasteiger partial charge is 0.390 e. The second kappa shape index (κ2) is 5.46. The molecule has 3 nitrogen and oxygen atoms in total. The van der Waals surface area contributed by atoms with Crippen molar-refractivity contribution in [3.63, 3.8) is 0 Å². The molecule has 2 rings (SSSR count). The van der Waals surface area contributed by atoms with Gasteiger partial charge in [0.1, 0.15) is 0 Å². The lowest BCUT2D eigenvalue weighted by atomic mass is 9.90. The Labute approximate surface area is 110 Å². The molecule has 4 heteroatoms. The average Bonchev–Trinajstić information content (AvgIpc) is 2.78. The van der Waals surface area contributed by atoms with E-state index in [1.807, 2.05) is 6.07 Å². The molecule has 1 aliphatic carbocycles. The SMILES string of the molecule is COC1(C(O)Cc2cncc(Br)c2)CCCC1. The molecule has 1 aromatic heterocycles. The van der Waals surface area contributed by atoms with Crippen molar-refractivity contribution in [1.29, 1.82) is 0 Å². The Balaban J connectivity index is 2.07. The highest BCUT2D eigenvalue weighted by atomic mass is 79.9. The lowest BCUT2D eigenvalue weighted by Crippen LogP contribution is -2.42. The fourth-order valence-electron chi connectivity index (χ4n) is 2.62. The van der Waals surface area contributed by atoms with Gasteiger partial charge in [-0.2, -0.15) is 0 Å². The minimum atomic E-state index is -0.453. The van der Waals surface area contributed by atoms with Crippen molar-refractivity contribution in [2.24, 2.45) is 0 Å². The van der Waals surface area contributed by atoms with E-state index in [9.17, 15) is 5.11 Å². The van der Waals surface area contributed by atoms with Crippen LogP contribution in [0.5, 0.6) is 0 Å². The zero-order chi connectivity index (χ0) is 12.3. The van der Waals surface area contributed by atoms with E-state index in [1.165, 1.54) is 0 Å². The molecular weight excluding hydrogens is 282 g/mol. The van der Waals surface area contributed by atoms with Crippen molar-refractivity contribution >= 4 is 15.9 Å².